The average molecular weight is 477 g/mol. The van der Waals surface area contributed by atoms with Crippen LogP contribution >= 0.6 is 0 Å². The van der Waals surface area contributed by atoms with Crippen molar-refractivity contribution in [3.8, 4) is 17.3 Å². The lowest BCUT2D eigenvalue weighted by atomic mass is 9.82. The van der Waals surface area contributed by atoms with Crippen molar-refractivity contribution < 1.29 is 13.1 Å². The number of hydrogen-bond donors (Lipinski definition) is 1. The Kier molecular flexibility index (Phi) is 6.60. The number of halogens is 1. The minimum Gasteiger partial charge on any atom is -0.356 e. The number of nitriles is 1. The standard InChI is InChI=1S/C26H25FN4O2S/c1-16-8-10-21-24(12-16)33-31-25(21)20-7-5-4-6-19(20)17(14-26(2,3)34(29)32)13-23-22(27)11-9-18(15-28)30-23/h4-12,17H,13-14,29H2,1-3H3/t17-,34?/m0/s1. The molecule has 0 radical (unpaired) electrons. The summed E-state index contributed by atoms with van der Waals surface area (Å²) in [5.41, 5.74) is 4.47. The number of nitrogens with zero attached hydrogens (tertiary/aromatic N) is 3. The molecular formula is C26H25FN4O2S. The number of aryl methyl sites for hydroxylation is 1. The molecule has 0 spiro atoms. The van der Waals surface area contributed by atoms with E-state index in [-0.39, 0.29) is 23.7 Å². The summed E-state index contributed by atoms with van der Waals surface area (Å²) >= 11 is 0. The summed E-state index contributed by atoms with van der Waals surface area (Å²) in [5.74, 6) is -0.789. The van der Waals surface area contributed by atoms with Crippen molar-refractivity contribution in [3.63, 3.8) is 0 Å². The molecule has 6 nitrogen and oxygen atoms in total. The van der Waals surface area contributed by atoms with Crippen LogP contribution in [0.15, 0.2) is 59.1 Å². The summed E-state index contributed by atoms with van der Waals surface area (Å²) in [7, 11) is -1.61. The van der Waals surface area contributed by atoms with E-state index in [0.717, 1.165) is 22.1 Å². The van der Waals surface area contributed by atoms with Crippen LogP contribution in [0.4, 0.5) is 4.39 Å². The van der Waals surface area contributed by atoms with Crippen molar-refractivity contribution in [2.75, 3.05) is 0 Å². The Morgan fingerprint density at radius 1 is 1.21 bits per heavy atom. The lowest BCUT2D eigenvalue weighted by Gasteiger charge is -2.29. The maximum Gasteiger partial charge on any atom is 0.167 e. The minimum absolute atomic E-state index is 0.142. The fraction of sp³-hybridized carbons (Fsp3) is 0.269. The first-order chi connectivity index (χ1) is 16.2. The number of pyridine rings is 1. The van der Waals surface area contributed by atoms with Crippen molar-refractivity contribution in [2.24, 2.45) is 5.14 Å². The minimum atomic E-state index is -1.61. The molecule has 0 saturated carbocycles. The van der Waals surface area contributed by atoms with Crippen LogP contribution in [0.3, 0.4) is 0 Å². The summed E-state index contributed by atoms with van der Waals surface area (Å²) in [4.78, 5) is 4.21. The third-order valence-corrected chi connectivity index (χ3v) is 7.29. The molecule has 2 atom stereocenters. The van der Waals surface area contributed by atoms with E-state index in [1.807, 2.05) is 69.3 Å². The van der Waals surface area contributed by atoms with E-state index < -0.39 is 21.5 Å². The molecule has 0 aliphatic rings. The normalized spacial score (nSPS) is 13.5. The topological polar surface area (TPSA) is 106 Å². The van der Waals surface area contributed by atoms with E-state index in [0.29, 0.717) is 17.7 Å². The Morgan fingerprint density at radius 3 is 2.71 bits per heavy atom. The van der Waals surface area contributed by atoms with E-state index in [2.05, 4.69) is 10.1 Å². The third-order valence-electron chi connectivity index (χ3n) is 6.04. The molecule has 2 aromatic carbocycles. The fourth-order valence-electron chi connectivity index (χ4n) is 4.20. The van der Waals surface area contributed by atoms with E-state index in [1.165, 1.54) is 12.1 Å². The van der Waals surface area contributed by atoms with Gasteiger partial charge in [-0.15, -0.1) is 0 Å². The van der Waals surface area contributed by atoms with Gasteiger partial charge in [0.25, 0.3) is 0 Å². The number of aromatic nitrogens is 2. The second-order valence-corrected chi connectivity index (χ2v) is 10.7. The van der Waals surface area contributed by atoms with Gasteiger partial charge in [0.15, 0.2) is 5.58 Å². The number of fused-ring (bicyclic) bond motifs is 1. The maximum atomic E-state index is 14.7. The Hall–Kier alpha value is -3.41. The van der Waals surface area contributed by atoms with Crippen LogP contribution in [-0.2, 0) is 17.4 Å². The molecule has 0 fully saturated rings. The van der Waals surface area contributed by atoms with Gasteiger partial charge >= 0.3 is 0 Å². The highest BCUT2D eigenvalue weighted by atomic mass is 32.2. The first kappa shape index (κ1) is 23.7. The van der Waals surface area contributed by atoms with Crippen molar-refractivity contribution in [2.45, 2.75) is 44.3 Å². The van der Waals surface area contributed by atoms with Crippen LogP contribution in [-0.4, -0.2) is 19.1 Å². The lowest BCUT2D eigenvalue weighted by molar-refractivity contribution is 0.458. The molecule has 4 aromatic rings. The van der Waals surface area contributed by atoms with Crippen LogP contribution < -0.4 is 5.14 Å². The fourth-order valence-corrected chi connectivity index (χ4v) is 4.56. The molecule has 0 bridgehead atoms. The van der Waals surface area contributed by atoms with Gasteiger partial charge in [-0.1, -0.05) is 35.5 Å². The zero-order valence-electron chi connectivity index (χ0n) is 19.2. The number of rotatable bonds is 7. The molecular weight excluding hydrogens is 451 g/mol. The van der Waals surface area contributed by atoms with Gasteiger partial charge in [-0.3, -0.25) is 5.14 Å². The Bertz CT molecular complexity index is 1420. The number of nitrogens with two attached hydrogens (primary N) is 1. The molecule has 0 saturated heterocycles. The molecule has 4 rings (SSSR count). The maximum absolute atomic E-state index is 14.7. The molecule has 2 heterocycles. The van der Waals surface area contributed by atoms with Crippen LogP contribution in [0, 0.1) is 24.1 Å². The van der Waals surface area contributed by atoms with Crippen molar-refractivity contribution in [1.82, 2.24) is 10.1 Å². The Balaban J connectivity index is 1.85. The van der Waals surface area contributed by atoms with Gasteiger partial charge in [0.2, 0.25) is 0 Å². The summed E-state index contributed by atoms with van der Waals surface area (Å²) in [6.07, 6.45) is 0.605. The highest BCUT2D eigenvalue weighted by Gasteiger charge is 2.31. The molecule has 0 amide bonds. The van der Waals surface area contributed by atoms with Crippen LogP contribution in [0.5, 0.6) is 0 Å². The predicted octanol–water partition coefficient (Wildman–Crippen LogP) is 5.33. The third kappa shape index (κ3) is 4.76. The summed E-state index contributed by atoms with van der Waals surface area (Å²) in [6.45, 7) is 5.63. The number of hydrogen-bond acceptors (Lipinski definition) is 5. The van der Waals surface area contributed by atoms with E-state index >= 15 is 0 Å². The summed E-state index contributed by atoms with van der Waals surface area (Å²) in [5, 5.41) is 20.3. The van der Waals surface area contributed by atoms with Crippen molar-refractivity contribution >= 4 is 22.0 Å². The molecule has 1 unspecified atom stereocenters. The van der Waals surface area contributed by atoms with Crippen molar-refractivity contribution in [1.29, 1.82) is 5.26 Å². The van der Waals surface area contributed by atoms with Gasteiger partial charge in [0.1, 0.15) is 23.3 Å². The quantitative estimate of drug-likeness (QED) is 0.388. The van der Waals surface area contributed by atoms with Crippen LogP contribution in [0.2, 0.25) is 0 Å². The molecule has 2 aromatic heterocycles. The van der Waals surface area contributed by atoms with E-state index in [1.54, 1.807) is 0 Å². The summed E-state index contributed by atoms with van der Waals surface area (Å²) in [6, 6.07) is 18.2. The van der Waals surface area contributed by atoms with E-state index in [4.69, 9.17) is 9.66 Å². The molecule has 34 heavy (non-hydrogen) atoms. The zero-order chi connectivity index (χ0) is 24.5. The highest BCUT2D eigenvalue weighted by Crippen LogP contribution is 2.39. The molecule has 174 valence electrons. The SMILES string of the molecule is Cc1ccc2c(-c3ccccc3[C@@H](Cc3nc(C#N)ccc3F)CC(C)(C)S(N)=O)noc2c1. The molecule has 0 aliphatic carbocycles. The second-order valence-electron chi connectivity index (χ2n) is 9.02. The molecule has 0 aliphatic heterocycles. The van der Waals surface area contributed by atoms with E-state index in [9.17, 15) is 13.9 Å². The van der Waals surface area contributed by atoms with Crippen molar-refractivity contribution in [3.05, 3.63) is 82.9 Å². The Labute approximate surface area is 200 Å². The van der Waals surface area contributed by atoms with Gasteiger partial charge in [-0.05, 0) is 74.9 Å². The van der Waals surface area contributed by atoms with Crippen LogP contribution in [0.1, 0.15) is 48.7 Å². The monoisotopic (exact) mass is 476 g/mol. The largest absolute Gasteiger partial charge is 0.356 e. The first-order valence-electron chi connectivity index (χ1n) is 10.9. The first-order valence-corrected chi connectivity index (χ1v) is 12.1. The average Bonchev–Trinajstić information content (AvgIpc) is 3.22. The zero-order valence-corrected chi connectivity index (χ0v) is 20.0. The second kappa shape index (κ2) is 9.45. The van der Waals surface area contributed by atoms with Gasteiger partial charge in [-0.2, -0.15) is 5.26 Å². The van der Waals surface area contributed by atoms with Gasteiger partial charge < -0.3 is 4.52 Å². The van der Waals surface area contributed by atoms with Gasteiger partial charge in [0, 0.05) is 10.9 Å². The Morgan fingerprint density at radius 2 is 1.97 bits per heavy atom. The molecule has 2 N–H and O–H groups in total. The summed E-state index contributed by atoms with van der Waals surface area (Å²) < 4.78 is 31.9. The predicted molar refractivity (Wildman–Crippen MR) is 131 cm³/mol. The number of benzene rings is 2. The van der Waals surface area contributed by atoms with Gasteiger partial charge in [0.05, 0.1) is 21.4 Å². The smallest absolute Gasteiger partial charge is 0.167 e. The van der Waals surface area contributed by atoms with Gasteiger partial charge in [-0.25, -0.2) is 13.6 Å². The lowest BCUT2D eigenvalue weighted by Crippen LogP contribution is -2.34. The highest BCUT2D eigenvalue weighted by molar-refractivity contribution is 7.84. The molecule has 8 heteroatoms. The van der Waals surface area contributed by atoms with Crippen LogP contribution in [0.25, 0.3) is 22.2 Å².